The third-order valence-electron chi connectivity index (χ3n) is 3.24. The molecular formula is C13H13Cl2N3O. The molecular weight excluding hydrogens is 285 g/mol. The SMILES string of the molecule is Clc1cccc(Cl)c1Cc1noc([C@@H]2CCCN2)n1. The standard InChI is InChI=1S/C13H13Cl2N3O/c14-9-3-1-4-10(15)8(9)7-12-17-13(19-18-12)11-5-2-6-16-11/h1,3-4,11,16H,2,5-7H2/t11-/m0/s1. The maximum atomic E-state index is 6.13. The van der Waals surface area contributed by atoms with Crippen LogP contribution in [0.3, 0.4) is 0 Å². The number of nitrogens with zero attached hydrogens (tertiary/aromatic N) is 2. The van der Waals surface area contributed by atoms with Gasteiger partial charge < -0.3 is 9.84 Å². The summed E-state index contributed by atoms with van der Waals surface area (Å²) in [5.41, 5.74) is 0.831. The highest BCUT2D eigenvalue weighted by atomic mass is 35.5. The average Bonchev–Trinajstić information content (AvgIpc) is 3.04. The van der Waals surface area contributed by atoms with Gasteiger partial charge in [-0.15, -0.1) is 0 Å². The Morgan fingerprint density at radius 2 is 2.11 bits per heavy atom. The van der Waals surface area contributed by atoms with Crippen molar-refractivity contribution >= 4 is 23.2 Å². The maximum Gasteiger partial charge on any atom is 0.243 e. The fourth-order valence-corrected chi connectivity index (χ4v) is 2.77. The number of benzene rings is 1. The van der Waals surface area contributed by atoms with Gasteiger partial charge in [-0.05, 0) is 37.1 Å². The van der Waals surface area contributed by atoms with Crippen LogP contribution in [0.2, 0.25) is 10.0 Å². The largest absolute Gasteiger partial charge is 0.338 e. The van der Waals surface area contributed by atoms with E-state index >= 15 is 0 Å². The summed E-state index contributed by atoms with van der Waals surface area (Å²) in [7, 11) is 0. The molecule has 0 radical (unpaired) electrons. The number of rotatable bonds is 3. The van der Waals surface area contributed by atoms with Crippen molar-refractivity contribution in [2.75, 3.05) is 6.54 Å². The molecule has 1 saturated heterocycles. The van der Waals surface area contributed by atoms with E-state index in [4.69, 9.17) is 27.7 Å². The van der Waals surface area contributed by atoms with Gasteiger partial charge in [0.2, 0.25) is 5.89 Å². The molecule has 2 heterocycles. The first-order valence-electron chi connectivity index (χ1n) is 6.23. The van der Waals surface area contributed by atoms with Crippen LogP contribution < -0.4 is 5.32 Å². The van der Waals surface area contributed by atoms with Crippen LogP contribution in [0.4, 0.5) is 0 Å². The van der Waals surface area contributed by atoms with Gasteiger partial charge in [0.15, 0.2) is 5.82 Å². The van der Waals surface area contributed by atoms with E-state index in [1.54, 1.807) is 0 Å². The second-order valence-electron chi connectivity index (χ2n) is 4.57. The zero-order valence-corrected chi connectivity index (χ0v) is 11.7. The van der Waals surface area contributed by atoms with Crippen molar-refractivity contribution in [3.8, 4) is 0 Å². The molecule has 0 aliphatic carbocycles. The minimum absolute atomic E-state index is 0.183. The van der Waals surface area contributed by atoms with E-state index in [0.29, 0.717) is 28.2 Å². The summed E-state index contributed by atoms with van der Waals surface area (Å²) in [6.45, 7) is 0.999. The van der Waals surface area contributed by atoms with Crippen LogP contribution in [-0.4, -0.2) is 16.7 Å². The molecule has 1 aliphatic heterocycles. The van der Waals surface area contributed by atoms with Gasteiger partial charge >= 0.3 is 0 Å². The van der Waals surface area contributed by atoms with Gasteiger partial charge in [-0.25, -0.2) is 0 Å². The highest BCUT2D eigenvalue weighted by molar-refractivity contribution is 6.36. The first-order chi connectivity index (χ1) is 9.24. The normalized spacial score (nSPS) is 18.9. The summed E-state index contributed by atoms with van der Waals surface area (Å²) in [5.74, 6) is 1.26. The van der Waals surface area contributed by atoms with E-state index in [1.165, 1.54) is 0 Å². The number of nitrogens with one attached hydrogen (secondary N) is 1. The van der Waals surface area contributed by atoms with E-state index in [0.717, 1.165) is 24.9 Å². The zero-order valence-electron chi connectivity index (χ0n) is 10.2. The molecule has 6 heteroatoms. The Kier molecular flexibility index (Phi) is 3.73. The van der Waals surface area contributed by atoms with Gasteiger partial charge in [0.05, 0.1) is 6.04 Å². The lowest BCUT2D eigenvalue weighted by Gasteiger charge is -2.03. The molecule has 1 fully saturated rings. The summed E-state index contributed by atoms with van der Waals surface area (Å²) in [4.78, 5) is 4.41. The summed E-state index contributed by atoms with van der Waals surface area (Å²) < 4.78 is 5.29. The Morgan fingerprint density at radius 3 is 2.79 bits per heavy atom. The van der Waals surface area contributed by atoms with Crippen molar-refractivity contribution in [3.63, 3.8) is 0 Å². The van der Waals surface area contributed by atoms with Gasteiger partial charge in [0.25, 0.3) is 0 Å². The Morgan fingerprint density at radius 1 is 1.32 bits per heavy atom. The fraction of sp³-hybridized carbons (Fsp3) is 0.385. The molecule has 0 amide bonds. The Bertz CT molecular complexity index is 559. The predicted molar refractivity (Wildman–Crippen MR) is 73.5 cm³/mol. The van der Waals surface area contributed by atoms with Crippen LogP contribution in [0.5, 0.6) is 0 Å². The molecule has 2 aromatic rings. The van der Waals surface area contributed by atoms with Crippen LogP contribution in [0, 0.1) is 0 Å². The zero-order chi connectivity index (χ0) is 13.2. The summed E-state index contributed by atoms with van der Waals surface area (Å²) in [5, 5.41) is 8.57. The van der Waals surface area contributed by atoms with E-state index in [9.17, 15) is 0 Å². The second kappa shape index (κ2) is 5.49. The number of hydrogen-bond acceptors (Lipinski definition) is 4. The quantitative estimate of drug-likeness (QED) is 0.943. The molecule has 1 N–H and O–H groups in total. The first kappa shape index (κ1) is 12.9. The Hall–Kier alpha value is -1.10. The van der Waals surface area contributed by atoms with Gasteiger partial charge in [-0.1, -0.05) is 34.4 Å². The Labute approximate surface area is 121 Å². The minimum atomic E-state index is 0.183. The molecule has 1 aliphatic rings. The van der Waals surface area contributed by atoms with Crippen LogP contribution >= 0.6 is 23.2 Å². The predicted octanol–water partition coefficient (Wildman–Crippen LogP) is 3.39. The van der Waals surface area contributed by atoms with E-state index in [-0.39, 0.29) is 6.04 Å². The van der Waals surface area contributed by atoms with E-state index in [1.807, 2.05) is 18.2 Å². The van der Waals surface area contributed by atoms with Crippen LogP contribution in [-0.2, 0) is 6.42 Å². The van der Waals surface area contributed by atoms with Gasteiger partial charge in [0, 0.05) is 16.5 Å². The molecule has 3 rings (SSSR count). The van der Waals surface area contributed by atoms with E-state index < -0.39 is 0 Å². The van der Waals surface area contributed by atoms with Crippen molar-refractivity contribution in [2.24, 2.45) is 0 Å². The van der Waals surface area contributed by atoms with Gasteiger partial charge in [-0.3, -0.25) is 0 Å². The molecule has 1 atom stereocenters. The average molecular weight is 298 g/mol. The minimum Gasteiger partial charge on any atom is -0.338 e. The van der Waals surface area contributed by atoms with Crippen LogP contribution in [0.1, 0.15) is 36.2 Å². The number of aromatic nitrogens is 2. The summed E-state index contributed by atoms with van der Waals surface area (Å²) in [6, 6.07) is 5.62. The molecule has 0 saturated carbocycles. The van der Waals surface area contributed by atoms with E-state index in [2.05, 4.69) is 15.5 Å². The highest BCUT2D eigenvalue weighted by Crippen LogP contribution is 2.27. The summed E-state index contributed by atoms with van der Waals surface area (Å²) >= 11 is 12.3. The van der Waals surface area contributed by atoms with Crippen molar-refractivity contribution < 1.29 is 4.52 Å². The van der Waals surface area contributed by atoms with Crippen molar-refractivity contribution in [3.05, 3.63) is 45.5 Å². The smallest absolute Gasteiger partial charge is 0.243 e. The highest BCUT2D eigenvalue weighted by Gasteiger charge is 2.22. The molecule has 1 aromatic carbocycles. The molecule has 4 nitrogen and oxygen atoms in total. The molecule has 0 spiro atoms. The van der Waals surface area contributed by atoms with Gasteiger partial charge in [-0.2, -0.15) is 4.98 Å². The third-order valence-corrected chi connectivity index (χ3v) is 3.95. The first-order valence-corrected chi connectivity index (χ1v) is 6.98. The molecule has 0 bridgehead atoms. The van der Waals surface area contributed by atoms with Crippen molar-refractivity contribution in [1.82, 2.24) is 15.5 Å². The van der Waals surface area contributed by atoms with Gasteiger partial charge in [0.1, 0.15) is 0 Å². The lowest BCUT2D eigenvalue weighted by molar-refractivity contribution is 0.341. The molecule has 0 unspecified atom stereocenters. The fourth-order valence-electron chi connectivity index (χ4n) is 2.24. The third kappa shape index (κ3) is 2.76. The van der Waals surface area contributed by atoms with Crippen molar-refractivity contribution in [1.29, 1.82) is 0 Å². The second-order valence-corrected chi connectivity index (χ2v) is 5.39. The molecule has 19 heavy (non-hydrogen) atoms. The molecule has 1 aromatic heterocycles. The van der Waals surface area contributed by atoms with Crippen molar-refractivity contribution in [2.45, 2.75) is 25.3 Å². The topological polar surface area (TPSA) is 51.0 Å². The van der Waals surface area contributed by atoms with Crippen LogP contribution in [0.25, 0.3) is 0 Å². The van der Waals surface area contributed by atoms with Crippen LogP contribution in [0.15, 0.2) is 22.7 Å². The Balaban J connectivity index is 1.80. The lowest BCUT2D eigenvalue weighted by atomic mass is 10.1. The monoisotopic (exact) mass is 297 g/mol. The number of hydrogen-bond donors (Lipinski definition) is 1. The number of halogens is 2. The summed E-state index contributed by atoms with van der Waals surface area (Å²) in [6.07, 6.45) is 2.65. The maximum absolute atomic E-state index is 6.13. The lowest BCUT2D eigenvalue weighted by Crippen LogP contribution is -2.13. The molecule has 100 valence electrons.